The van der Waals surface area contributed by atoms with Crippen LogP contribution in [0, 0.1) is 19.8 Å². The number of amides is 1. The lowest BCUT2D eigenvalue weighted by molar-refractivity contribution is 0.0891. The van der Waals surface area contributed by atoms with Gasteiger partial charge >= 0.3 is 17.6 Å². The van der Waals surface area contributed by atoms with Gasteiger partial charge in [-0.3, -0.25) is 14.3 Å². The Labute approximate surface area is 202 Å². The molecule has 0 saturated carbocycles. The van der Waals surface area contributed by atoms with Gasteiger partial charge in [-0.2, -0.15) is 4.98 Å². The topological polar surface area (TPSA) is 106 Å². The minimum Gasteiger partial charge on any atom is -0.408 e. The van der Waals surface area contributed by atoms with Gasteiger partial charge in [0.1, 0.15) is 0 Å². The van der Waals surface area contributed by atoms with Crippen molar-refractivity contribution in [1.29, 1.82) is 0 Å². The zero-order valence-corrected chi connectivity index (χ0v) is 20.0. The van der Waals surface area contributed by atoms with Gasteiger partial charge < -0.3 is 14.3 Å². The normalized spacial score (nSPS) is 15.0. The maximum atomic E-state index is 12.6. The van der Waals surface area contributed by atoms with Crippen LogP contribution in [0.2, 0.25) is 0 Å². The molecule has 1 amide bonds. The molecule has 0 aliphatic carbocycles. The highest BCUT2D eigenvalue weighted by molar-refractivity contribution is 5.89. The molecule has 0 bridgehead atoms. The number of hydrogen-bond donors (Lipinski definition) is 1. The molecule has 1 N–H and O–H groups in total. The summed E-state index contributed by atoms with van der Waals surface area (Å²) in [5.41, 5.74) is 5.12. The van der Waals surface area contributed by atoms with E-state index >= 15 is 0 Å². The number of carbonyl (C=O) groups excluding carboxylic acids is 1. The molecule has 9 heteroatoms. The first-order valence-corrected chi connectivity index (χ1v) is 11.9. The molecular formula is C26H29N5O4. The number of aromatic nitrogens is 3. The van der Waals surface area contributed by atoms with Crippen LogP contribution in [0.1, 0.15) is 46.0 Å². The minimum absolute atomic E-state index is 0.0610. The van der Waals surface area contributed by atoms with E-state index in [2.05, 4.69) is 52.4 Å². The molecule has 9 nitrogen and oxygen atoms in total. The van der Waals surface area contributed by atoms with Crippen LogP contribution in [0.5, 0.6) is 0 Å². The average molecular weight is 476 g/mol. The number of rotatable bonds is 7. The van der Waals surface area contributed by atoms with Crippen molar-refractivity contribution in [3.05, 3.63) is 81.4 Å². The van der Waals surface area contributed by atoms with Crippen LogP contribution in [0.15, 0.2) is 56.2 Å². The second kappa shape index (κ2) is 9.87. The summed E-state index contributed by atoms with van der Waals surface area (Å²) in [6.07, 6.45) is 2.05. The molecule has 1 fully saturated rings. The monoisotopic (exact) mass is 475 g/mol. The molecule has 0 radical (unpaired) electrons. The quantitative estimate of drug-likeness (QED) is 0.437. The molecule has 182 valence electrons. The maximum absolute atomic E-state index is 12.6. The van der Waals surface area contributed by atoms with Crippen LogP contribution in [0.3, 0.4) is 0 Å². The summed E-state index contributed by atoms with van der Waals surface area (Å²) in [5, 5.41) is 6.79. The first-order valence-electron chi connectivity index (χ1n) is 11.9. The molecule has 3 heterocycles. The number of aryl methyl sites for hydroxylation is 2. The van der Waals surface area contributed by atoms with Gasteiger partial charge in [-0.15, -0.1) is 0 Å². The molecule has 0 spiro atoms. The molecule has 1 aliphatic rings. The minimum atomic E-state index is -0.508. The lowest BCUT2D eigenvalue weighted by Gasteiger charge is -2.32. The van der Waals surface area contributed by atoms with Crippen LogP contribution >= 0.6 is 0 Å². The number of nitrogens with one attached hydrogen (secondary N) is 1. The van der Waals surface area contributed by atoms with E-state index in [1.165, 1.54) is 21.3 Å². The predicted octanol–water partition coefficient (Wildman–Crippen LogP) is 3.28. The van der Waals surface area contributed by atoms with E-state index in [-0.39, 0.29) is 18.3 Å². The number of nitrogens with zero attached hydrogens (tertiary/aromatic N) is 4. The second-order valence-corrected chi connectivity index (χ2v) is 9.30. The summed E-state index contributed by atoms with van der Waals surface area (Å²) in [4.78, 5) is 31.3. The van der Waals surface area contributed by atoms with E-state index in [0.29, 0.717) is 23.6 Å². The van der Waals surface area contributed by atoms with Crippen LogP contribution in [0.25, 0.3) is 11.1 Å². The van der Waals surface area contributed by atoms with Gasteiger partial charge in [0.15, 0.2) is 11.4 Å². The molecule has 1 saturated heterocycles. The molecule has 1 aliphatic heterocycles. The molecular weight excluding hydrogens is 446 g/mol. The number of fused-ring (bicyclic) bond motifs is 1. The van der Waals surface area contributed by atoms with Crippen LogP contribution in [0.4, 0.5) is 0 Å². The van der Waals surface area contributed by atoms with Gasteiger partial charge in [-0.25, -0.2) is 4.79 Å². The predicted molar refractivity (Wildman–Crippen MR) is 130 cm³/mol. The standard InChI is InChI=1S/C26H29N5O4/c1-17-7-8-18(2)20(13-17)15-30-11-9-19(10-12-30)14-27-24(32)25-28-23(29-35-25)16-31-21-5-3-4-6-22(21)34-26(31)33/h3-8,13,19H,9-12,14-16H2,1-2H3,(H,27,32). The van der Waals surface area contributed by atoms with Gasteiger partial charge in [-0.1, -0.05) is 41.1 Å². The van der Waals surface area contributed by atoms with Gasteiger partial charge in [0.05, 0.1) is 12.1 Å². The number of benzene rings is 2. The average Bonchev–Trinajstić information content (AvgIpc) is 3.45. The summed E-state index contributed by atoms with van der Waals surface area (Å²) in [6, 6.07) is 13.7. The number of para-hydroxylation sites is 2. The fourth-order valence-corrected chi connectivity index (χ4v) is 4.59. The van der Waals surface area contributed by atoms with Crippen molar-refractivity contribution in [3.8, 4) is 0 Å². The van der Waals surface area contributed by atoms with Gasteiger partial charge in [0.25, 0.3) is 0 Å². The molecule has 0 unspecified atom stereocenters. The van der Waals surface area contributed by atoms with Crippen LogP contribution in [-0.4, -0.2) is 45.1 Å². The van der Waals surface area contributed by atoms with E-state index in [9.17, 15) is 9.59 Å². The first kappa shape index (κ1) is 23.0. The van der Waals surface area contributed by atoms with Crippen LogP contribution < -0.4 is 11.1 Å². The largest absolute Gasteiger partial charge is 0.420 e. The highest BCUT2D eigenvalue weighted by Gasteiger charge is 2.22. The molecule has 4 aromatic rings. The Kier molecular flexibility index (Phi) is 6.50. The zero-order valence-electron chi connectivity index (χ0n) is 20.0. The third kappa shape index (κ3) is 5.19. The summed E-state index contributed by atoms with van der Waals surface area (Å²) < 4.78 is 11.8. The van der Waals surface area contributed by atoms with Crippen molar-refractivity contribution in [2.45, 2.75) is 39.8 Å². The summed E-state index contributed by atoms with van der Waals surface area (Å²) in [7, 11) is 0. The smallest absolute Gasteiger partial charge is 0.408 e. The second-order valence-electron chi connectivity index (χ2n) is 9.30. The van der Waals surface area contributed by atoms with Gasteiger partial charge in [-0.05, 0) is 69.0 Å². The molecule has 35 heavy (non-hydrogen) atoms. The third-order valence-electron chi connectivity index (χ3n) is 6.69. The van der Waals surface area contributed by atoms with Crippen molar-refractivity contribution in [2.75, 3.05) is 19.6 Å². The Bertz CT molecular complexity index is 1390. The van der Waals surface area contributed by atoms with Crippen molar-refractivity contribution < 1.29 is 13.7 Å². The fraction of sp³-hybridized carbons (Fsp3) is 0.385. The zero-order chi connectivity index (χ0) is 24.4. The van der Waals surface area contributed by atoms with Crippen molar-refractivity contribution in [2.24, 2.45) is 5.92 Å². The van der Waals surface area contributed by atoms with Gasteiger partial charge in [0, 0.05) is 13.1 Å². The van der Waals surface area contributed by atoms with Gasteiger partial charge in [0.2, 0.25) is 0 Å². The lowest BCUT2D eigenvalue weighted by Crippen LogP contribution is -2.38. The van der Waals surface area contributed by atoms with E-state index in [1.54, 1.807) is 18.2 Å². The third-order valence-corrected chi connectivity index (χ3v) is 6.69. The lowest BCUT2D eigenvalue weighted by atomic mass is 9.96. The number of likely N-dealkylation sites (tertiary alicyclic amines) is 1. The number of carbonyl (C=O) groups is 1. The summed E-state index contributed by atoms with van der Waals surface area (Å²) in [6.45, 7) is 7.90. The Hall–Kier alpha value is -3.72. The van der Waals surface area contributed by atoms with Crippen molar-refractivity contribution in [3.63, 3.8) is 0 Å². The Morgan fingerprint density at radius 3 is 2.74 bits per heavy atom. The fourth-order valence-electron chi connectivity index (χ4n) is 4.59. The van der Waals surface area contributed by atoms with E-state index < -0.39 is 11.7 Å². The van der Waals surface area contributed by atoms with Crippen molar-refractivity contribution >= 4 is 17.0 Å². The Morgan fingerprint density at radius 1 is 1.11 bits per heavy atom. The molecule has 5 rings (SSSR count). The summed E-state index contributed by atoms with van der Waals surface area (Å²) in [5.74, 6) is -0.360. The maximum Gasteiger partial charge on any atom is 0.420 e. The Morgan fingerprint density at radius 2 is 1.91 bits per heavy atom. The number of oxazole rings is 1. The van der Waals surface area contributed by atoms with E-state index in [0.717, 1.165) is 32.5 Å². The Balaban J connectivity index is 1.12. The number of hydrogen-bond acceptors (Lipinski definition) is 7. The van der Waals surface area contributed by atoms with Crippen LogP contribution in [-0.2, 0) is 13.1 Å². The molecule has 2 aromatic carbocycles. The number of piperidine rings is 1. The first-order chi connectivity index (χ1) is 17.0. The summed E-state index contributed by atoms with van der Waals surface area (Å²) >= 11 is 0. The molecule has 2 aromatic heterocycles. The van der Waals surface area contributed by atoms with E-state index in [4.69, 9.17) is 8.94 Å². The highest BCUT2D eigenvalue weighted by Crippen LogP contribution is 2.20. The highest BCUT2D eigenvalue weighted by atomic mass is 16.5. The van der Waals surface area contributed by atoms with E-state index in [1.807, 2.05) is 6.07 Å². The van der Waals surface area contributed by atoms with Crippen molar-refractivity contribution in [1.82, 2.24) is 24.9 Å². The molecule has 0 atom stereocenters. The SMILES string of the molecule is Cc1ccc(C)c(CN2CCC(CNC(=O)c3nc(Cn4c(=O)oc5ccccc54)no3)CC2)c1.